The van der Waals surface area contributed by atoms with Crippen LogP contribution in [0.15, 0.2) is 41.5 Å². The maximum absolute atomic E-state index is 12.8. The van der Waals surface area contributed by atoms with Gasteiger partial charge in [0.15, 0.2) is 0 Å². The predicted octanol–water partition coefficient (Wildman–Crippen LogP) is 3.38. The summed E-state index contributed by atoms with van der Waals surface area (Å²) in [5, 5.41) is 0.495. The number of esters is 1. The van der Waals surface area contributed by atoms with Crippen molar-refractivity contribution in [2.75, 3.05) is 0 Å². The maximum Gasteiger partial charge on any atom is 0.348 e. The zero-order chi connectivity index (χ0) is 17.3. The van der Waals surface area contributed by atoms with Crippen LogP contribution < -0.4 is 5.56 Å². The van der Waals surface area contributed by atoms with Crippen LogP contribution in [0.5, 0.6) is 0 Å². The monoisotopic (exact) mass is 342 g/mol. The van der Waals surface area contributed by atoms with Gasteiger partial charge in [-0.25, -0.2) is 9.78 Å². The summed E-state index contributed by atoms with van der Waals surface area (Å²) in [7, 11) is 0. The van der Waals surface area contributed by atoms with E-state index in [1.165, 1.54) is 17.7 Å². The minimum Gasteiger partial charge on any atom is -0.459 e. The lowest BCUT2D eigenvalue weighted by Crippen LogP contribution is -2.21. The van der Waals surface area contributed by atoms with Gasteiger partial charge in [-0.2, -0.15) is 0 Å². The first-order chi connectivity index (χ1) is 11.5. The normalized spacial score (nSPS) is 11.2. The Morgan fingerprint density at radius 2 is 2.00 bits per heavy atom. The number of hydrogen-bond donors (Lipinski definition) is 0. The van der Waals surface area contributed by atoms with Crippen LogP contribution in [0.1, 0.15) is 34.6 Å². The largest absolute Gasteiger partial charge is 0.459 e. The van der Waals surface area contributed by atoms with Crippen molar-refractivity contribution in [1.29, 1.82) is 0 Å². The van der Waals surface area contributed by atoms with Crippen LogP contribution in [-0.4, -0.2) is 21.6 Å². The van der Waals surface area contributed by atoms with E-state index in [9.17, 15) is 9.59 Å². The minimum absolute atomic E-state index is 0.138. The first-order valence-electron chi connectivity index (χ1n) is 7.71. The molecule has 24 heavy (non-hydrogen) atoms. The van der Waals surface area contributed by atoms with Crippen molar-refractivity contribution in [1.82, 2.24) is 9.55 Å². The Morgan fingerprint density at radius 1 is 1.29 bits per heavy atom. The first kappa shape index (κ1) is 16.4. The SMILES string of the molecule is Cc1c(C(=O)OC(C)C)sc2ncn(Cc3ccccc3)c(=O)c12. The lowest BCUT2D eigenvalue weighted by molar-refractivity contribution is 0.0383. The van der Waals surface area contributed by atoms with E-state index in [0.29, 0.717) is 27.2 Å². The third-order valence-corrected chi connectivity index (χ3v) is 4.82. The molecule has 0 spiro atoms. The van der Waals surface area contributed by atoms with Gasteiger partial charge in [0.1, 0.15) is 9.71 Å². The molecule has 0 N–H and O–H groups in total. The Balaban J connectivity index is 2.04. The average molecular weight is 342 g/mol. The molecule has 124 valence electrons. The van der Waals surface area contributed by atoms with E-state index in [2.05, 4.69) is 4.98 Å². The number of hydrogen-bond acceptors (Lipinski definition) is 5. The van der Waals surface area contributed by atoms with Gasteiger partial charge in [-0.3, -0.25) is 9.36 Å². The van der Waals surface area contributed by atoms with Crippen molar-refractivity contribution in [3.63, 3.8) is 0 Å². The van der Waals surface area contributed by atoms with Gasteiger partial charge in [-0.15, -0.1) is 11.3 Å². The molecule has 0 fully saturated rings. The van der Waals surface area contributed by atoms with Gasteiger partial charge in [-0.05, 0) is 31.9 Å². The number of rotatable bonds is 4. The molecule has 0 radical (unpaired) electrons. The second-order valence-electron chi connectivity index (χ2n) is 5.85. The van der Waals surface area contributed by atoms with Crippen LogP contribution >= 0.6 is 11.3 Å². The number of nitrogens with zero attached hydrogens (tertiary/aromatic N) is 2. The van der Waals surface area contributed by atoms with E-state index in [1.807, 2.05) is 30.3 Å². The summed E-state index contributed by atoms with van der Waals surface area (Å²) in [6.07, 6.45) is 1.33. The number of thiophene rings is 1. The molecule has 2 aromatic heterocycles. The van der Waals surface area contributed by atoms with Crippen molar-refractivity contribution in [3.05, 3.63) is 63.0 Å². The van der Waals surface area contributed by atoms with Crippen LogP contribution in [0.2, 0.25) is 0 Å². The second-order valence-corrected chi connectivity index (χ2v) is 6.85. The summed E-state index contributed by atoms with van der Waals surface area (Å²) in [6, 6.07) is 9.72. The standard InChI is InChI=1S/C18H18N2O3S/c1-11(2)23-18(22)15-12(3)14-16(24-15)19-10-20(17(14)21)9-13-7-5-4-6-8-13/h4-8,10-11H,9H2,1-3H3. The zero-order valence-electron chi connectivity index (χ0n) is 13.8. The molecule has 3 rings (SSSR count). The van der Waals surface area contributed by atoms with Crippen molar-refractivity contribution in [3.8, 4) is 0 Å². The van der Waals surface area contributed by atoms with Gasteiger partial charge in [0.05, 0.1) is 24.4 Å². The fourth-order valence-electron chi connectivity index (χ4n) is 2.51. The number of aromatic nitrogens is 2. The average Bonchev–Trinajstić information content (AvgIpc) is 2.88. The lowest BCUT2D eigenvalue weighted by Gasteiger charge is -2.06. The van der Waals surface area contributed by atoms with Crippen LogP contribution in [0.4, 0.5) is 0 Å². The van der Waals surface area contributed by atoms with Crippen molar-refractivity contribution in [2.45, 2.75) is 33.4 Å². The van der Waals surface area contributed by atoms with Crippen LogP contribution in [-0.2, 0) is 11.3 Å². The molecule has 0 atom stereocenters. The van der Waals surface area contributed by atoms with E-state index in [-0.39, 0.29) is 11.7 Å². The number of ether oxygens (including phenoxy) is 1. The summed E-state index contributed by atoms with van der Waals surface area (Å²) in [5.74, 6) is -0.403. The molecule has 2 heterocycles. The smallest absolute Gasteiger partial charge is 0.348 e. The molecule has 0 amide bonds. The number of benzene rings is 1. The summed E-state index contributed by atoms with van der Waals surface area (Å²) in [4.78, 5) is 30.3. The first-order valence-corrected chi connectivity index (χ1v) is 8.52. The Kier molecular flexibility index (Phi) is 4.49. The van der Waals surface area contributed by atoms with Gasteiger partial charge < -0.3 is 4.74 Å². The van der Waals surface area contributed by atoms with Gasteiger partial charge in [-0.1, -0.05) is 30.3 Å². The van der Waals surface area contributed by atoms with E-state index >= 15 is 0 Å². The Morgan fingerprint density at radius 3 is 2.67 bits per heavy atom. The van der Waals surface area contributed by atoms with Gasteiger partial charge >= 0.3 is 5.97 Å². The third-order valence-electron chi connectivity index (χ3n) is 3.64. The Bertz CT molecular complexity index is 942. The topological polar surface area (TPSA) is 61.2 Å². The molecule has 0 bridgehead atoms. The fourth-order valence-corrected chi connectivity index (χ4v) is 3.54. The summed E-state index contributed by atoms with van der Waals surface area (Å²) in [6.45, 7) is 5.81. The molecule has 0 aliphatic rings. The van der Waals surface area contributed by atoms with Crippen LogP contribution in [0.3, 0.4) is 0 Å². The second kappa shape index (κ2) is 6.57. The summed E-state index contributed by atoms with van der Waals surface area (Å²) in [5.41, 5.74) is 1.52. The molecular formula is C18H18N2O3S. The van der Waals surface area contributed by atoms with Crippen LogP contribution in [0.25, 0.3) is 10.2 Å². The molecule has 3 aromatic rings. The van der Waals surface area contributed by atoms with Gasteiger partial charge in [0.2, 0.25) is 0 Å². The van der Waals surface area contributed by atoms with Crippen molar-refractivity contribution >= 4 is 27.5 Å². The van der Waals surface area contributed by atoms with Crippen LogP contribution in [0, 0.1) is 6.92 Å². The van der Waals surface area contributed by atoms with E-state index in [0.717, 1.165) is 5.56 Å². The minimum atomic E-state index is -0.403. The highest BCUT2D eigenvalue weighted by Gasteiger charge is 2.21. The highest BCUT2D eigenvalue weighted by Crippen LogP contribution is 2.27. The highest BCUT2D eigenvalue weighted by molar-refractivity contribution is 7.20. The molecular weight excluding hydrogens is 324 g/mol. The van der Waals surface area contributed by atoms with E-state index < -0.39 is 5.97 Å². The molecule has 0 saturated heterocycles. The number of carbonyl (C=O) groups excluding carboxylic acids is 1. The third kappa shape index (κ3) is 3.10. The predicted molar refractivity (Wildman–Crippen MR) is 94.7 cm³/mol. The summed E-state index contributed by atoms with van der Waals surface area (Å²) < 4.78 is 6.81. The molecule has 0 aliphatic heterocycles. The number of aryl methyl sites for hydroxylation is 1. The molecule has 1 aromatic carbocycles. The highest BCUT2D eigenvalue weighted by atomic mass is 32.1. The fraction of sp³-hybridized carbons (Fsp3) is 0.278. The molecule has 5 nitrogen and oxygen atoms in total. The molecule has 0 aliphatic carbocycles. The zero-order valence-corrected chi connectivity index (χ0v) is 14.6. The number of fused-ring (bicyclic) bond motifs is 1. The summed E-state index contributed by atoms with van der Waals surface area (Å²) >= 11 is 1.20. The Hall–Kier alpha value is -2.47. The molecule has 0 unspecified atom stereocenters. The maximum atomic E-state index is 12.8. The van der Waals surface area contributed by atoms with Crippen molar-refractivity contribution in [2.24, 2.45) is 0 Å². The quantitative estimate of drug-likeness (QED) is 0.682. The lowest BCUT2D eigenvalue weighted by atomic mass is 10.2. The number of carbonyl (C=O) groups is 1. The molecule has 0 saturated carbocycles. The molecule has 6 heteroatoms. The van der Waals surface area contributed by atoms with Crippen molar-refractivity contribution < 1.29 is 9.53 Å². The van der Waals surface area contributed by atoms with E-state index in [4.69, 9.17) is 4.74 Å². The Labute approximate surface area is 143 Å². The van der Waals surface area contributed by atoms with E-state index in [1.54, 1.807) is 25.3 Å². The van der Waals surface area contributed by atoms with Gasteiger partial charge in [0, 0.05) is 0 Å². The van der Waals surface area contributed by atoms with Gasteiger partial charge in [0.25, 0.3) is 5.56 Å².